The van der Waals surface area contributed by atoms with Gasteiger partial charge in [0.2, 0.25) is 10.0 Å². The minimum absolute atomic E-state index is 0. The lowest BCUT2D eigenvalue weighted by Crippen LogP contribution is -2.42. The molecule has 0 bridgehead atoms. The molecule has 1 saturated heterocycles. The molecule has 1 unspecified atom stereocenters. The molecule has 0 aliphatic carbocycles. The maximum absolute atomic E-state index is 12.9. The highest BCUT2D eigenvalue weighted by molar-refractivity contribution is 7.89. The van der Waals surface area contributed by atoms with E-state index in [-0.39, 0.29) is 29.0 Å². The first-order valence-corrected chi connectivity index (χ1v) is 9.10. The van der Waals surface area contributed by atoms with Crippen LogP contribution in [0.25, 0.3) is 0 Å². The second-order valence-electron chi connectivity index (χ2n) is 6.27. The lowest BCUT2D eigenvalue weighted by molar-refractivity contribution is -0.385. The van der Waals surface area contributed by atoms with Crippen LogP contribution in [0.4, 0.5) is 5.69 Å². The number of halogens is 1. The van der Waals surface area contributed by atoms with Crippen LogP contribution in [0.15, 0.2) is 17.0 Å². The molecular formula is C15H24ClN3O4S. The van der Waals surface area contributed by atoms with Gasteiger partial charge in [0.1, 0.15) is 0 Å². The van der Waals surface area contributed by atoms with E-state index in [2.05, 4.69) is 0 Å². The van der Waals surface area contributed by atoms with Crippen LogP contribution in [0, 0.1) is 29.9 Å². The Bertz CT molecular complexity index is 690. The zero-order chi connectivity index (χ0) is 17.4. The monoisotopic (exact) mass is 377 g/mol. The lowest BCUT2D eigenvalue weighted by atomic mass is 9.92. The van der Waals surface area contributed by atoms with Crippen LogP contribution in [0.1, 0.15) is 30.9 Å². The molecular weight excluding hydrogens is 354 g/mol. The molecule has 0 aromatic heterocycles. The van der Waals surface area contributed by atoms with Crippen LogP contribution in [-0.4, -0.2) is 36.8 Å². The molecule has 0 amide bonds. The number of piperidine rings is 1. The van der Waals surface area contributed by atoms with Crippen molar-refractivity contribution in [2.45, 2.75) is 44.6 Å². The Balaban J connectivity index is 0.00000288. The summed E-state index contributed by atoms with van der Waals surface area (Å²) in [6.45, 7) is 6.01. The van der Waals surface area contributed by atoms with Crippen molar-refractivity contribution in [3.8, 4) is 0 Å². The Morgan fingerprint density at radius 2 is 1.71 bits per heavy atom. The number of non-ortho nitro benzene ring substituents is 1. The molecule has 0 saturated carbocycles. The number of hydrogen-bond donors (Lipinski definition) is 1. The molecule has 1 atom stereocenters. The molecule has 1 heterocycles. The number of benzene rings is 1. The van der Waals surface area contributed by atoms with Crippen molar-refractivity contribution < 1.29 is 13.3 Å². The van der Waals surface area contributed by atoms with Gasteiger partial charge in [-0.15, -0.1) is 12.4 Å². The van der Waals surface area contributed by atoms with Gasteiger partial charge in [-0.1, -0.05) is 0 Å². The summed E-state index contributed by atoms with van der Waals surface area (Å²) in [5.41, 5.74) is 6.62. The van der Waals surface area contributed by atoms with Crippen molar-refractivity contribution in [3.05, 3.63) is 33.4 Å². The molecule has 7 nitrogen and oxygen atoms in total. The number of nitro groups is 1. The number of aryl methyl sites for hydroxylation is 2. The molecule has 1 aliphatic heterocycles. The molecule has 2 rings (SSSR count). The van der Waals surface area contributed by atoms with Crippen molar-refractivity contribution in [2.75, 3.05) is 13.1 Å². The average Bonchev–Trinajstić information content (AvgIpc) is 2.46. The maximum atomic E-state index is 12.9. The van der Waals surface area contributed by atoms with Crippen LogP contribution in [0.2, 0.25) is 0 Å². The topological polar surface area (TPSA) is 107 Å². The zero-order valence-electron chi connectivity index (χ0n) is 14.1. The molecule has 0 spiro atoms. The molecule has 1 aliphatic rings. The van der Waals surface area contributed by atoms with E-state index in [0.29, 0.717) is 30.1 Å². The molecule has 1 fully saturated rings. The Labute approximate surface area is 148 Å². The fourth-order valence-electron chi connectivity index (χ4n) is 3.21. The number of hydrogen-bond acceptors (Lipinski definition) is 5. The van der Waals surface area contributed by atoms with Gasteiger partial charge in [0.25, 0.3) is 5.69 Å². The van der Waals surface area contributed by atoms with Gasteiger partial charge in [0.05, 0.1) is 9.82 Å². The number of nitrogens with two attached hydrogens (primary N) is 1. The number of sulfonamides is 1. The third kappa shape index (κ3) is 4.05. The SMILES string of the molecule is Cc1cc([N+](=O)[O-])cc(C)c1S(=O)(=O)N1CCC(C(C)N)CC1.Cl. The minimum atomic E-state index is -3.65. The number of nitro benzene ring substituents is 1. The summed E-state index contributed by atoms with van der Waals surface area (Å²) in [6.07, 6.45) is 1.48. The minimum Gasteiger partial charge on any atom is -0.328 e. The van der Waals surface area contributed by atoms with Gasteiger partial charge in [0, 0.05) is 31.3 Å². The number of nitrogens with zero attached hydrogens (tertiary/aromatic N) is 2. The highest BCUT2D eigenvalue weighted by Gasteiger charge is 2.33. The fraction of sp³-hybridized carbons (Fsp3) is 0.600. The van der Waals surface area contributed by atoms with Gasteiger partial charge in [-0.05, 0) is 50.7 Å². The van der Waals surface area contributed by atoms with Crippen molar-refractivity contribution in [1.29, 1.82) is 0 Å². The first kappa shape index (κ1) is 20.8. The fourth-order valence-corrected chi connectivity index (χ4v) is 5.09. The number of rotatable bonds is 4. The standard InChI is InChI=1S/C15H23N3O4S.ClH/c1-10-8-14(18(19)20)9-11(2)15(10)23(21,22)17-6-4-13(5-7-17)12(3)16;/h8-9,12-13H,4-7,16H2,1-3H3;1H. The van der Waals surface area contributed by atoms with Crippen LogP contribution >= 0.6 is 12.4 Å². The predicted octanol–water partition coefficient (Wildman–Crippen LogP) is 2.38. The van der Waals surface area contributed by atoms with Crippen molar-refractivity contribution in [2.24, 2.45) is 11.7 Å². The third-order valence-corrected chi connectivity index (χ3v) is 6.70. The lowest BCUT2D eigenvalue weighted by Gasteiger charge is -2.33. The quantitative estimate of drug-likeness (QED) is 0.640. The Kier molecular flexibility index (Phi) is 6.75. The van der Waals surface area contributed by atoms with E-state index in [1.807, 2.05) is 6.92 Å². The van der Waals surface area contributed by atoms with Gasteiger partial charge in [0.15, 0.2) is 0 Å². The first-order chi connectivity index (χ1) is 10.6. The van der Waals surface area contributed by atoms with Crippen molar-refractivity contribution in [1.82, 2.24) is 4.31 Å². The third-order valence-electron chi connectivity index (χ3n) is 4.50. The van der Waals surface area contributed by atoms with E-state index in [4.69, 9.17) is 5.73 Å². The predicted molar refractivity (Wildman–Crippen MR) is 95.0 cm³/mol. The van der Waals surface area contributed by atoms with Gasteiger partial charge in [-0.2, -0.15) is 4.31 Å². The molecule has 2 N–H and O–H groups in total. The highest BCUT2D eigenvalue weighted by Crippen LogP contribution is 2.31. The summed E-state index contributed by atoms with van der Waals surface area (Å²) in [5.74, 6) is 0.334. The Morgan fingerprint density at radius 3 is 2.08 bits per heavy atom. The molecule has 1 aromatic rings. The van der Waals surface area contributed by atoms with Crippen LogP contribution in [-0.2, 0) is 10.0 Å². The summed E-state index contributed by atoms with van der Waals surface area (Å²) >= 11 is 0. The average molecular weight is 378 g/mol. The van der Waals surface area contributed by atoms with Crippen LogP contribution in [0.5, 0.6) is 0 Å². The van der Waals surface area contributed by atoms with Gasteiger partial charge >= 0.3 is 0 Å². The van der Waals surface area contributed by atoms with Crippen LogP contribution in [0.3, 0.4) is 0 Å². The second-order valence-corrected chi connectivity index (χ2v) is 8.14. The van der Waals surface area contributed by atoms with E-state index < -0.39 is 14.9 Å². The zero-order valence-corrected chi connectivity index (χ0v) is 15.7. The van der Waals surface area contributed by atoms with E-state index in [1.54, 1.807) is 13.8 Å². The molecule has 0 radical (unpaired) electrons. The summed E-state index contributed by atoms with van der Waals surface area (Å²) in [6, 6.07) is 2.69. The molecule has 136 valence electrons. The second kappa shape index (κ2) is 7.77. The van der Waals surface area contributed by atoms with Crippen molar-refractivity contribution in [3.63, 3.8) is 0 Å². The normalized spacial score (nSPS) is 18.0. The van der Waals surface area contributed by atoms with E-state index in [9.17, 15) is 18.5 Å². The van der Waals surface area contributed by atoms with E-state index in [1.165, 1.54) is 16.4 Å². The van der Waals surface area contributed by atoms with E-state index in [0.717, 1.165) is 12.8 Å². The summed E-state index contributed by atoms with van der Waals surface area (Å²) in [7, 11) is -3.65. The van der Waals surface area contributed by atoms with Gasteiger partial charge < -0.3 is 5.73 Å². The molecule has 9 heteroatoms. The molecule has 24 heavy (non-hydrogen) atoms. The highest BCUT2D eigenvalue weighted by atomic mass is 35.5. The first-order valence-electron chi connectivity index (χ1n) is 7.66. The van der Waals surface area contributed by atoms with Gasteiger partial charge in [-0.25, -0.2) is 8.42 Å². The Hall–Kier alpha value is -1.22. The largest absolute Gasteiger partial charge is 0.328 e. The summed E-state index contributed by atoms with van der Waals surface area (Å²) in [4.78, 5) is 10.6. The summed E-state index contributed by atoms with van der Waals surface area (Å²) in [5, 5.41) is 10.9. The maximum Gasteiger partial charge on any atom is 0.270 e. The molecule has 1 aromatic carbocycles. The van der Waals surface area contributed by atoms with E-state index >= 15 is 0 Å². The van der Waals surface area contributed by atoms with Crippen molar-refractivity contribution >= 4 is 28.1 Å². The van der Waals surface area contributed by atoms with Crippen LogP contribution < -0.4 is 5.73 Å². The smallest absolute Gasteiger partial charge is 0.270 e. The Morgan fingerprint density at radius 1 is 1.25 bits per heavy atom. The summed E-state index contributed by atoms with van der Waals surface area (Å²) < 4.78 is 27.3. The van der Waals surface area contributed by atoms with Gasteiger partial charge in [-0.3, -0.25) is 10.1 Å².